The first-order chi connectivity index (χ1) is 9.97. The molecule has 0 bridgehead atoms. The summed E-state index contributed by atoms with van der Waals surface area (Å²) < 4.78 is 1.69. The monoisotopic (exact) mass is 294 g/mol. The molecule has 1 aromatic rings. The number of piperazine rings is 1. The van der Waals surface area contributed by atoms with Crippen molar-refractivity contribution in [3.05, 3.63) is 22.7 Å². The molecule has 21 heavy (non-hydrogen) atoms. The van der Waals surface area contributed by atoms with Crippen LogP contribution < -0.4 is 10.5 Å². The summed E-state index contributed by atoms with van der Waals surface area (Å²) in [5.74, 6) is 0.0408. The third-order valence-corrected chi connectivity index (χ3v) is 3.49. The molecule has 7 nitrogen and oxygen atoms in total. The van der Waals surface area contributed by atoms with Crippen LogP contribution in [-0.2, 0) is 11.3 Å². The quantitative estimate of drug-likeness (QED) is 0.830. The van der Waals surface area contributed by atoms with Crippen LogP contribution in [-0.4, -0.2) is 58.3 Å². The Morgan fingerprint density at radius 2 is 2.00 bits per heavy atom. The van der Waals surface area contributed by atoms with Crippen LogP contribution in [0.2, 0.25) is 0 Å². The number of carbonyl (C=O) groups is 1. The fourth-order valence-electron chi connectivity index (χ4n) is 2.50. The first kappa shape index (κ1) is 15.5. The van der Waals surface area contributed by atoms with Crippen LogP contribution >= 0.6 is 0 Å². The van der Waals surface area contributed by atoms with Crippen molar-refractivity contribution in [2.24, 2.45) is 5.92 Å². The van der Waals surface area contributed by atoms with Gasteiger partial charge in [0.25, 0.3) is 5.56 Å². The Morgan fingerprint density at radius 3 is 2.57 bits per heavy atom. The second-order valence-electron chi connectivity index (χ2n) is 5.76. The van der Waals surface area contributed by atoms with E-state index in [-0.39, 0.29) is 12.1 Å². The fourth-order valence-corrected chi connectivity index (χ4v) is 2.50. The van der Waals surface area contributed by atoms with Gasteiger partial charge in [-0.1, -0.05) is 13.8 Å². The van der Waals surface area contributed by atoms with Gasteiger partial charge in [0.05, 0.1) is 6.54 Å². The molecule has 1 aromatic heterocycles. The highest BCUT2D eigenvalue weighted by molar-refractivity contribution is 5.69. The summed E-state index contributed by atoms with van der Waals surface area (Å²) >= 11 is 0. The maximum Gasteiger partial charge on any atom is 0.317 e. The SMILES string of the molecule is CC(C)Cn1ccnc(N2CCN(CC(=O)O)CC2)c1=O. The normalized spacial score (nSPS) is 16.4. The molecule has 0 aliphatic carbocycles. The van der Waals surface area contributed by atoms with Gasteiger partial charge in [-0.3, -0.25) is 14.5 Å². The van der Waals surface area contributed by atoms with Gasteiger partial charge in [0, 0.05) is 45.1 Å². The molecule has 0 spiro atoms. The lowest BCUT2D eigenvalue weighted by atomic mass is 10.2. The van der Waals surface area contributed by atoms with E-state index in [1.807, 2.05) is 9.80 Å². The Balaban J connectivity index is 2.07. The highest BCUT2D eigenvalue weighted by atomic mass is 16.4. The van der Waals surface area contributed by atoms with Crippen LogP contribution in [0.1, 0.15) is 13.8 Å². The van der Waals surface area contributed by atoms with E-state index < -0.39 is 5.97 Å². The Labute approximate surface area is 123 Å². The number of nitrogens with zero attached hydrogens (tertiary/aromatic N) is 4. The lowest BCUT2D eigenvalue weighted by Crippen LogP contribution is -2.49. The van der Waals surface area contributed by atoms with E-state index in [1.165, 1.54) is 0 Å². The van der Waals surface area contributed by atoms with Gasteiger partial charge in [-0.15, -0.1) is 0 Å². The third-order valence-electron chi connectivity index (χ3n) is 3.49. The zero-order valence-corrected chi connectivity index (χ0v) is 12.5. The largest absolute Gasteiger partial charge is 0.480 e. The lowest BCUT2D eigenvalue weighted by Gasteiger charge is -2.34. The predicted octanol–water partition coefficient (Wildman–Crippen LogP) is 0.106. The van der Waals surface area contributed by atoms with Crippen molar-refractivity contribution in [3.8, 4) is 0 Å². The average molecular weight is 294 g/mol. The standard InChI is InChI=1S/C14H22N4O3/c1-11(2)9-18-4-3-15-13(14(18)21)17-7-5-16(6-8-17)10-12(19)20/h3-4,11H,5-10H2,1-2H3,(H,19,20). The van der Waals surface area contributed by atoms with Gasteiger partial charge in [0.1, 0.15) is 0 Å². The van der Waals surface area contributed by atoms with E-state index in [2.05, 4.69) is 18.8 Å². The minimum atomic E-state index is -0.819. The summed E-state index contributed by atoms with van der Waals surface area (Å²) in [6, 6.07) is 0. The highest BCUT2D eigenvalue weighted by Gasteiger charge is 2.21. The van der Waals surface area contributed by atoms with Gasteiger partial charge in [-0.05, 0) is 5.92 Å². The lowest BCUT2D eigenvalue weighted by molar-refractivity contribution is -0.138. The summed E-state index contributed by atoms with van der Waals surface area (Å²) in [5.41, 5.74) is -0.0714. The fraction of sp³-hybridized carbons (Fsp3) is 0.643. The molecule has 0 unspecified atom stereocenters. The smallest absolute Gasteiger partial charge is 0.317 e. The van der Waals surface area contributed by atoms with E-state index >= 15 is 0 Å². The molecule has 2 rings (SSSR count). The topological polar surface area (TPSA) is 78.7 Å². The number of hydrogen-bond acceptors (Lipinski definition) is 5. The zero-order valence-electron chi connectivity index (χ0n) is 12.5. The summed E-state index contributed by atoms with van der Waals surface area (Å²) in [6.07, 6.45) is 3.37. The molecule has 116 valence electrons. The molecule has 0 saturated carbocycles. The van der Waals surface area contributed by atoms with Gasteiger partial charge < -0.3 is 14.6 Å². The Hall–Kier alpha value is -1.89. The Kier molecular flexibility index (Phi) is 4.95. The van der Waals surface area contributed by atoms with E-state index in [1.54, 1.807) is 17.0 Å². The average Bonchev–Trinajstić information content (AvgIpc) is 2.41. The van der Waals surface area contributed by atoms with Crippen LogP contribution in [0, 0.1) is 5.92 Å². The first-order valence-corrected chi connectivity index (χ1v) is 7.22. The number of anilines is 1. The molecule has 7 heteroatoms. The number of aliphatic carboxylic acids is 1. The number of hydrogen-bond donors (Lipinski definition) is 1. The zero-order chi connectivity index (χ0) is 15.4. The van der Waals surface area contributed by atoms with Crippen molar-refractivity contribution in [3.63, 3.8) is 0 Å². The van der Waals surface area contributed by atoms with Crippen molar-refractivity contribution >= 4 is 11.8 Å². The number of rotatable bonds is 5. The summed E-state index contributed by atoms with van der Waals surface area (Å²) in [4.78, 5) is 31.1. The highest BCUT2D eigenvalue weighted by Crippen LogP contribution is 2.09. The predicted molar refractivity (Wildman–Crippen MR) is 79.6 cm³/mol. The molecule has 0 amide bonds. The number of aromatic nitrogens is 2. The molecule has 1 N–H and O–H groups in total. The first-order valence-electron chi connectivity index (χ1n) is 7.22. The van der Waals surface area contributed by atoms with Gasteiger partial charge in [0.2, 0.25) is 0 Å². The summed E-state index contributed by atoms with van der Waals surface area (Å²) in [5, 5.41) is 8.79. The molecular weight excluding hydrogens is 272 g/mol. The van der Waals surface area contributed by atoms with Gasteiger partial charge >= 0.3 is 5.97 Å². The Morgan fingerprint density at radius 1 is 1.33 bits per heavy atom. The second-order valence-corrected chi connectivity index (χ2v) is 5.76. The molecule has 1 aliphatic heterocycles. The van der Waals surface area contributed by atoms with Crippen molar-refractivity contribution in [2.75, 3.05) is 37.6 Å². The molecule has 2 heterocycles. The Bertz CT molecular complexity index is 547. The summed E-state index contributed by atoms with van der Waals surface area (Å²) in [6.45, 7) is 7.37. The van der Waals surface area contributed by atoms with Crippen LogP contribution in [0.25, 0.3) is 0 Å². The molecule has 0 aromatic carbocycles. The van der Waals surface area contributed by atoms with E-state index in [4.69, 9.17) is 5.11 Å². The molecule has 0 radical (unpaired) electrons. The molecule has 1 saturated heterocycles. The maximum atomic E-state index is 12.4. The van der Waals surface area contributed by atoms with Crippen molar-refractivity contribution in [1.29, 1.82) is 0 Å². The van der Waals surface area contributed by atoms with Gasteiger partial charge in [-0.2, -0.15) is 0 Å². The third kappa shape index (κ3) is 4.04. The van der Waals surface area contributed by atoms with Gasteiger partial charge in [0.15, 0.2) is 5.82 Å². The van der Waals surface area contributed by atoms with Crippen LogP contribution in [0.5, 0.6) is 0 Å². The van der Waals surface area contributed by atoms with Crippen molar-refractivity contribution < 1.29 is 9.90 Å². The molecule has 0 atom stereocenters. The molecule has 1 aliphatic rings. The maximum absolute atomic E-state index is 12.4. The minimum Gasteiger partial charge on any atom is -0.480 e. The van der Waals surface area contributed by atoms with Crippen molar-refractivity contribution in [2.45, 2.75) is 20.4 Å². The van der Waals surface area contributed by atoms with E-state index in [9.17, 15) is 9.59 Å². The van der Waals surface area contributed by atoms with Crippen LogP contribution in [0.4, 0.5) is 5.82 Å². The molecule has 1 fully saturated rings. The number of carboxylic acids is 1. The minimum absolute atomic E-state index is 0.0492. The van der Waals surface area contributed by atoms with Crippen molar-refractivity contribution in [1.82, 2.24) is 14.5 Å². The van der Waals surface area contributed by atoms with Crippen LogP contribution in [0.3, 0.4) is 0 Å². The van der Waals surface area contributed by atoms with E-state index in [0.29, 0.717) is 44.5 Å². The van der Waals surface area contributed by atoms with Gasteiger partial charge in [-0.25, -0.2) is 4.98 Å². The number of carboxylic acid groups (broad SMARTS) is 1. The second kappa shape index (κ2) is 6.71. The summed E-state index contributed by atoms with van der Waals surface area (Å²) in [7, 11) is 0. The van der Waals surface area contributed by atoms with Crippen LogP contribution in [0.15, 0.2) is 17.2 Å². The van der Waals surface area contributed by atoms with E-state index in [0.717, 1.165) is 0 Å². The molecular formula is C14H22N4O3.